The highest BCUT2D eigenvalue weighted by Crippen LogP contribution is 2.27. The maximum atomic E-state index is 11.9. The van der Waals surface area contributed by atoms with E-state index in [4.69, 9.17) is 20.9 Å². The van der Waals surface area contributed by atoms with Crippen LogP contribution < -0.4 is 10.1 Å². The third-order valence-electron chi connectivity index (χ3n) is 3.43. The molecule has 0 aliphatic rings. The number of carbonyl (C=O) groups is 1. The first-order valence-electron chi connectivity index (χ1n) is 7.75. The predicted molar refractivity (Wildman–Crippen MR) is 101 cm³/mol. The van der Waals surface area contributed by atoms with Crippen LogP contribution in [0, 0.1) is 6.92 Å². The number of halogens is 2. The zero-order valence-corrected chi connectivity index (χ0v) is 16.2. The average Bonchev–Trinajstić information content (AvgIpc) is 3.08. The summed E-state index contributed by atoms with van der Waals surface area (Å²) in [6.07, 6.45) is 0. The molecule has 1 aromatic heterocycles. The van der Waals surface area contributed by atoms with Gasteiger partial charge >= 0.3 is 0 Å². The Morgan fingerprint density at radius 1 is 1.31 bits per heavy atom. The van der Waals surface area contributed by atoms with Crippen molar-refractivity contribution in [2.24, 2.45) is 0 Å². The third-order valence-corrected chi connectivity index (χ3v) is 4.29. The Morgan fingerprint density at radius 2 is 2.15 bits per heavy atom. The fourth-order valence-corrected chi connectivity index (χ4v) is 2.99. The number of amides is 1. The van der Waals surface area contributed by atoms with Crippen LogP contribution >= 0.6 is 27.5 Å². The van der Waals surface area contributed by atoms with Crippen LogP contribution in [0.3, 0.4) is 0 Å². The van der Waals surface area contributed by atoms with Crippen LogP contribution in [-0.4, -0.2) is 22.7 Å². The van der Waals surface area contributed by atoms with Crippen LogP contribution in [0.1, 0.15) is 11.5 Å². The molecule has 0 bridgehead atoms. The minimum Gasteiger partial charge on any atom is -0.483 e. The van der Waals surface area contributed by atoms with Gasteiger partial charge in [-0.05, 0) is 47.1 Å². The smallest absolute Gasteiger partial charge is 0.258 e. The second kappa shape index (κ2) is 8.33. The number of hydrogen-bond acceptors (Lipinski definition) is 5. The molecule has 0 aliphatic heterocycles. The highest BCUT2D eigenvalue weighted by atomic mass is 79.9. The summed E-state index contributed by atoms with van der Waals surface area (Å²) < 4.78 is 11.3. The molecule has 3 rings (SSSR count). The first-order valence-corrected chi connectivity index (χ1v) is 8.92. The molecule has 0 saturated heterocycles. The predicted octanol–water partition coefficient (Wildman–Crippen LogP) is 4.16. The van der Waals surface area contributed by atoms with E-state index in [2.05, 4.69) is 31.4 Å². The van der Waals surface area contributed by atoms with E-state index in [1.165, 1.54) is 0 Å². The van der Waals surface area contributed by atoms with Gasteiger partial charge in [0.05, 0.1) is 11.0 Å². The van der Waals surface area contributed by atoms with E-state index in [0.29, 0.717) is 27.0 Å². The lowest BCUT2D eigenvalue weighted by Crippen LogP contribution is -2.28. The Labute approximate surface area is 163 Å². The molecule has 0 unspecified atom stereocenters. The molecule has 1 amide bonds. The maximum Gasteiger partial charge on any atom is 0.258 e. The van der Waals surface area contributed by atoms with Gasteiger partial charge in [-0.2, -0.15) is 4.98 Å². The Hall–Kier alpha value is -2.38. The first kappa shape index (κ1) is 18.4. The van der Waals surface area contributed by atoms with Gasteiger partial charge in [-0.1, -0.05) is 40.5 Å². The molecule has 0 spiro atoms. The summed E-state index contributed by atoms with van der Waals surface area (Å²) in [5.41, 5.74) is 1.97. The van der Waals surface area contributed by atoms with Gasteiger partial charge in [0.2, 0.25) is 11.7 Å². The normalized spacial score (nSPS) is 10.6. The summed E-state index contributed by atoms with van der Waals surface area (Å²) in [5.74, 6) is 1.04. The molecule has 0 fully saturated rings. The zero-order valence-electron chi connectivity index (χ0n) is 13.8. The molecule has 1 heterocycles. The standard InChI is InChI=1S/C18H15BrClN3O3/c1-11-3-2-4-12(7-11)18-22-17(26-23-18)9-21-16(24)10-25-15-6-5-13(20)8-14(15)19/h2-8H,9-10H2,1H3,(H,21,24). The van der Waals surface area contributed by atoms with Crippen molar-refractivity contribution in [1.82, 2.24) is 15.5 Å². The largest absolute Gasteiger partial charge is 0.483 e. The van der Waals surface area contributed by atoms with E-state index >= 15 is 0 Å². The fourth-order valence-electron chi connectivity index (χ4n) is 2.19. The molecular weight excluding hydrogens is 422 g/mol. The number of benzene rings is 2. The Balaban J connectivity index is 1.52. The molecule has 6 nitrogen and oxygen atoms in total. The topological polar surface area (TPSA) is 77.2 Å². The third kappa shape index (κ3) is 4.83. The van der Waals surface area contributed by atoms with Gasteiger partial charge in [0.15, 0.2) is 6.61 Å². The average molecular weight is 437 g/mol. The second-order valence-electron chi connectivity index (χ2n) is 5.52. The number of nitrogens with zero attached hydrogens (tertiary/aromatic N) is 2. The molecule has 134 valence electrons. The van der Waals surface area contributed by atoms with Crippen LogP contribution in [-0.2, 0) is 11.3 Å². The van der Waals surface area contributed by atoms with Crippen LogP contribution in [0.4, 0.5) is 0 Å². The monoisotopic (exact) mass is 435 g/mol. The molecule has 1 N–H and O–H groups in total. The lowest BCUT2D eigenvalue weighted by atomic mass is 10.1. The summed E-state index contributed by atoms with van der Waals surface area (Å²) in [6, 6.07) is 12.8. The number of aryl methyl sites for hydroxylation is 1. The lowest BCUT2D eigenvalue weighted by Gasteiger charge is -2.08. The van der Waals surface area contributed by atoms with E-state index in [-0.39, 0.29) is 19.1 Å². The SMILES string of the molecule is Cc1cccc(-c2noc(CNC(=O)COc3ccc(Cl)cc3Br)n2)c1. The van der Waals surface area contributed by atoms with Crippen LogP contribution in [0.25, 0.3) is 11.4 Å². The van der Waals surface area contributed by atoms with Crippen molar-refractivity contribution in [1.29, 1.82) is 0 Å². The highest BCUT2D eigenvalue weighted by Gasteiger charge is 2.11. The van der Waals surface area contributed by atoms with Gasteiger partial charge < -0.3 is 14.6 Å². The molecule has 0 aliphatic carbocycles. The summed E-state index contributed by atoms with van der Waals surface area (Å²) in [5, 5.41) is 7.18. The van der Waals surface area contributed by atoms with Crippen molar-refractivity contribution in [2.45, 2.75) is 13.5 Å². The quantitative estimate of drug-likeness (QED) is 0.628. The molecule has 3 aromatic rings. The van der Waals surface area contributed by atoms with Crippen LogP contribution in [0.15, 0.2) is 51.5 Å². The Bertz CT molecular complexity index is 930. The Morgan fingerprint density at radius 3 is 2.92 bits per heavy atom. The summed E-state index contributed by atoms with van der Waals surface area (Å²) in [6.45, 7) is 1.98. The molecule has 2 aromatic carbocycles. The van der Waals surface area contributed by atoms with Crippen molar-refractivity contribution in [2.75, 3.05) is 6.61 Å². The van der Waals surface area contributed by atoms with Crippen molar-refractivity contribution < 1.29 is 14.1 Å². The number of hydrogen-bond donors (Lipinski definition) is 1. The molecule has 0 saturated carbocycles. The summed E-state index contributed by atoms with van der Waals surface area (Å²) in [7, 11) is 0. The summed E-state index contributed by atoms with van der Waals surface area (Å²) in [4.78, 5) is 16.2. The minimum absolute atomic E-state index is 0.128. The van der Waals surface area contributed by atoms with Crippen molar-refractivity contribution in [3.63, 3.8) is 0 Å². The molecule has 0 atom stereocenters. The maximum absolute atomic E-state index is 11.9. The lowest BCUT2D eigenvalue weighted by molar-refractivity contribution is -0.123. The Kier molecular flexibility index (Phi) is 5.90. The van der Waals surface area contributed by atoms with E-state index in [0.717, 1.165) is 11.1 Å². The molecule has 26 heavy (non-hydrogen) atoms. The van der Waals surface area contributed by atoms with Gasteiger partial charge in [0.1, 0.15) is 5.75 Å². The van der Waals surface area contributed by atoms with E-state index in [1.54, 1.807) is 18.2 Å². The summed E-state index contributed by atoms with van der Waals surface area (Å²) >= 11 is 9.19. The van der Waals surface area contributed by atoms with Gasteiger partial charge in [-0.25, -0.2) is 0 Å². The van der Waals surface area contributed by atoms with Gasteiger partial charge in [0, 0.05) is 10.6 Å². The van der Waals surface area contributed by atoms with Crippen LogP contribution in [0.2, 0.25) is 5.02 Å². The number of rotatable bonds is 6. The number of nitrogens with one attached hydrogen (secondary N) is 1. The zero-order chi connectivity index (χ0) is 18.5. The number of ether oxygens (including phenoxy) is 1. The van der Waals surface area contributed by atoms with Crippen molar-refractivity contribution >= 4 is 33.4 Å². The number of aromatic nitrogens is 2. The van der Waals surface area contributed by atoms with Crippen molar-refractivity contribution in [3.8, 4) is 17.1 Å². The van der Waals surface area contributed by atoms with Gasteiger partial charge in [-0.15, -0.1) is 0 Å². The van der Waals surface area contributed by atoms with Crippen LogP contribution in [0.5, 0.6) is 5.75 Å². The van der Waals surface area contributed by atoms with Crippen molar-refractivity contribution in [3.05, 3.63) is 63.4 Å². The molecule has 8 heteroatoms. The first-order chi connectivity index (χ1) is 12.5. The minimum atomic E-state index is -0.304. The van der Waals surface area contributed by atoms with Gasteiger partial charge in [-0.3, -0.25) is 4.79 Å². The van der Waals surface area contributed by atoms with E-state index in [9.17, 15) is 4.79 Å². The van der Waals surface area contributed by atoms with E-state index < -0.39 is 0 Å². The van der Waals surface area contributed by atoms with Gasteiger partial charge in [0.25, 0.3) is 5.91 Å². The highest BCUT2D eigenvalue weighted by molar-refractivity contribution is 9.10. The molecule has 0 radical (unpaired) electrons. The van der Waals surface area contributed by atoms with E-state index in [1.807, 2.05) is 31.2 Å². The number of carbonyl (C=O) groups excluding carboxylic acids is 1. The fraction of sp³-hybridized carbons (Fsp3) is 0.167. The second-order valence-corrected chi connectivity index (χ2v) is 6.81. The molecular formula is C18H15BrClN3O3.